The topological polar surface area (TPSA) is 74.8 Å². The van der Waals surface area contributed by atoms with Crippen molar-refractivity contribution >= 4 is 21.1 Å². The number of benzene rings is 2. The van der Waals surface area contributed by atoms with E-state index in [2.05, 4.69) is 14.7 Å². The number of para-hydroxylation sites is 2. The minimum atomic E-state index is -3.91. The van der Waals surface area contributed by atoms with Crippen molar-refractivity contribution in [2.45, 2.75) is 11.4 Å². The van der Waals surface area contributed by atoms with Crippen molar-refractivity contribution < 1.29 is 12.8 Å². The molecule has 1 aromatic heterocycles. The average Bonchev–Trinajstić information content (AvgIpc) is 2.88. The Bertz CT molecular complexity index is 857. The summed E-state index contributed by atoms with van der Waals surface area (Å²) in [5.74, 6) is -0.314. The molecule has 0 saturated heterocycles. The Hall–Kier alpha value is -2.25. The molecule has 7 heteroatoms. The van der Waals surface area contributed by atoms with Crippen LogP contribution in [0.15, 0.2) is 53.4 Å². The van der Waals surface area contributed by atoms with E-state index in [-0.39, 0.29) is 11.4 Å². The number of hydrogen-bond acceptors (Lipinski definition) is 3. The number of sulfonamides is 1. The van der Waals surface area contributed by atoms with Gasteiger partial charge in [0.15, 0.2) is 0 Å². The van der Waals surface area contributed by atoms with Crippen LogP contribution in [0.4, 0.5) is 4.39 Å². The van der Waals surface area contributed by atoms with E-state index in [0.29, 0.717) is 5.82 Å². The number of imidazole rings is 1. The first-order valence-corrected chi connectivity index (χ1v) is 7.72. The Balaban J connectivity index is 1.82. The third kappa shape index (κ3) is 2.79. The monoisotopic (exact) mass is 305 g/mol. The summed E-state index contributed by atoms with van der Waals surface area (Å²) in [7, 11) is -3.91. The Morgan fingerprint density at radius 2 is 1.81 bits per heavy atom. The second kappa shape index (κ2) is 5.27. The van der Waals surface area contributed by atoms with Gasteiger partial charge in [-0.15, -0.1) is 0 Å². The van der Waals surface area contributed by atoms with Crippen LogP contribution in [0.25, 0.3) is 11.0 Å². The van der Waals surface area contributed by atoms with Crippen LogP contribution >= 0.6 is 0 Å². The van der Waals surface area contributed by atoms with Gasteiger partial charge in [-0.1, -0.05) is 24.3 Å². The summed E-state index contributed by atoms with van der Waals surface area (Å²) in [6, 6.07) is 12.6. The fraction of sp³-hybridized carbons (Fsp3) is 0.0714. The van der Waals surface area contributed by atoms with Crippen molar-refractivity contribution in [2.75, 3.05) is 0 Å². The van der Waals surface area contributed by atoms with Crippen molar-refractivity contribution in [2.24, 2.45) is 0 Å². The summed E-state index contributed by atoms with van der Waals surface area (Å²) in [4.78, 5) is 6.88. The Morgan fingerprint density at radius 1 is 1.10 bits per heavy atom. The number of rotatable bonds is 4. The van der Waals surface area contributed by atoms with Crippen LogP contribution in [0.3, 0.4) is 0 Å². The first-order valence-electron chi connectivity index (χ1n) is 6.24. The van der Waals surface area contributed by atoms with E-state index in [4.69, 9.17) is 0 Å². The van der Waals surface area contributed by atoms with E-state index in [1.54, 1.807) is 0 Å². The predicted octanol–water partition coefficient (Wildman–Crippen LogP) is 2.18. The third-order valence-corrected chi connectivity index (χ3v) is 4.43. The van der Waals surface area contributed by atoms with Crippen LogP contribution in [0.2, 0.25) is 0 Å². The number of nitrogens with one attached hydrogen (secondary N) is 2. The molecule has 0 atom stereocenters. The van der Waals surface area contributed by atoms with Crippen LogP contribution in [0.1, 0.15) is 5.82 Å². The van der Waals surface area contributed by atoms with Gasteiger partial charge in [0.2, 0.25) is 10.0 Å². The fourth-order valence-corrected chi connectivity index (χ4v) is 3.06. The molecule has 0 saturated carbocycles. The number of nitrogens with zero attached hydrogens (tertiary/aromatic N) is 1. The average molecular weight is 305 g/mol. The first kappa shape index (κ1) is 13.7. The molecule has 0 amide bonds. The quantitative estimate of drug-likeness (QED) is 0.776. The van der Waals surface area contributed by atoms with Crippen LogP contribution in [0, 0.1) is 5.82 Å². The van der Waals surface area contributed by atoms with E-state index >= 15 is 0 Å². The Morgan fingerprint density at radius 3 is 2.57 bits per heavy atom. The zero-order valence-electron chi connectivity index (χ0n) is 10.9. The van der Waals surface area contributed by atoms with E-state index in [1.807, 2.05) is 24.3 Å². The summed E-state index contributed by atoms with van der Waals surface area (Å²) >= 11 is 0. The minimum absolute atomic E-state index is 0.0364. The number of hydrogen-bond donors (Lipinski definition) is 2. The SMILES string of the molecule is O=S(=O)(NCc1nc2ccccc2[nH]1)c1ccccc1F. The van der Waals surface area contributed by atoms with Gasteiger partial charge in [-0.05, 0) is 24.3 Å². The molecule has 0 unspecified atom stereocenters. The number of fused-ring (bicyclic) bond motifs is 1. The van der Waals surface area contributed by atoms with Gasteiger partial charge in [-0.25, -0.2) is 22.5 Å². The van der Waals surface area contributed by atoms with Crippen LogP contribution in [0.5, 0.6) is 0 Å². The molecule has 0 radical (unpaired) electrons. The van der Waals surface area contributed by atoms with Crippen molar-refractivity contribution in [3.05, 3.63) is 60.2 Å². The second-order valence-corrected chi connectivity index (χ2v) is 6.19. The highest BCUT2D eigenvalue weighted by molar-refractivity contribution is 7.89. The van der Waals surface area contributed by atoms with E-state index < -0.39 is 15.8 Å². The smallest absolute Gasteiger partial charge is 0.243 e. The first-order chi connectivity index (χ1) is 10.1. The predicted molar refractivity (Wildman–Crippen MR) is 76.5 cm³/mol. The second-order valence-electron chi connectivity index (χ2n) is 4.46. The molecule has 2 N–H and O–H groups in total. The maximum Gasteiger partial charge on any atom is 0.243 e. The standard InChI is InChI=1S/C14H12FN3O2S/c15-10-5-1-4-8-13(10)21(19,20)16-9-14-17-11-6-2-3-7-12(11)18-14/h1-8,16H,9H2,(H,17,18). The van der Waals surface area contributed by atoms with Gasteiger partial charge < -0.3 is 4.98 Å². The fourth-order valence-electron chi connectivity index (χ4n) is 1.99. The number of aromatic amines is 1. The lowest BCUT2D eigenvalue weighted by Gasteiger charge is -2.05. The maximum atomic E-state index is 13.5. The van der Waals surface area contributed by atoms with Gasteiger partial charge in [-0.3, -0.25) is 0 Å². The number of aromatic nitrogens is 2. The van der Waals surface area contributed by atoms with E-state index in [9.17, 15) is 12.8 Å². The molecule has 0 bridgehead atoms. The van der Waals surface area contributed by atoms with E-state index in [0.717, 1.165) is 17.1 Å². The lowest BCUT2D eigenvalue weighted by molar-refractivity contribution is 0.555. The maximum absolute atomic E-state index is 13.5. The zero-order valence-corrected chi connectivity index (χ0v) is 11.7. The molecule has 1 heterocycles. The molecule has 21 heavy (non-hydrogen) atoms. The van der Waals surface area contributed by atoms with Gasteiger partial charge in [0.1, 0.15) is 16.5 Å². The highest BCUT2D eigenvalue weighted by atomic mass is 32.2. The highest BCUT2D eigenvalue weighted by Crippen LogP contribution is 2.14. The van der Waals surface area contributed by atoms with Crippen LogP contribution < -0.4 is 4.72 Å². The molecule has 0 fully saturated rings. The molecule has 0 spiro atoms. The largest absolute Gasteiger partial charge is 0.341 e. The molecule has 0 aliphatic rings. The van der Waals surface area contributed by atoms with Gasteiger partial charge in [0, 0.05) is 0 Å². The summed E-state index contributed by atoms with van der Waals surface area (Å²) in [5, 5.41) is 0. The summed E-state index contributed by atoms with van der Waals surface area (Å²) in [6.07, 6.45) is 0. The Kier molecular flexibility index (Phi) is 3.44. The van der Waals surface area contributed by atoms with Crippen molar-refractivity contribution in [1.29, 1.82) is 0 Å². The van der Waals surface area contributed by atoms with Gasteiger partial charge in [-0.2, -0.15) is 0 Å². The Labute approximate surface area is 120 Å². The number of H-pyrrole nitrogens is 1. The molecule has 3 aromatic rings. The van der Waals surface area contributed by atoms with Crippen molar-refractivity contribution in [3.8, 4) is 0 Å². The van der Waals surface area contributed by atoms with Gasteiger partial charge >= 0.3 is 0 Å². The summed E-state index contributed by atoms with van der Waals surface area (Å²) in [6.45, 7) is -0.0364. The third-order valence-electron chi connectivity index (χ3n) is 2.99. The van der Waals surface area contributed by atoms with Crippen molar-refractivity contribution in [1.82, 2.24) is 14.7 Å². The molecular weight excluding hydrogens is 293 g/mol. The molecular formula is C14H12FN3O2S. The molecule has 108 valence electrons. The normalized spacial score (nSPS) is 11.9. The molecule has 2 aromatic carbocycles. The number of halogens is 1. The molecule has 5 nitrogen and oxygen atoms in total. The lowest BCUT2D eigenvalue weighted by atomic mass is 10.3. The summed E-state index contributed by atoms with van der Waals surface area (Å²) < 4.78 is 40.0. The van der Waals surface area contributed by atoms with Crippen LogP contribution in [-0.2, 0) is 16.6 Å². The van der Waals surface area contributed by atoms with Crippen molar-refractivity contribution in [3.63, 3.8) is 0 Å². The van der Waals surface area contributed by atoms with E-state index in [1.165, 1.54) is 18.2 Å². The molecule has 0 aliphatic carbocycles. The zero-order chi connectivity index (χ0) is 14.9. The minimum Gasteiger partial charge on any atom is -0.341 e. The van der Waals surface area contributed by atoms with Crippen LogP contribution in [-0.4, -0.2) is 18.4 Å². The molecule has 3 rings (SSSR count). The summed E-state index contributed by atoms with van der Waals surface area (Å²) in [5.41, 5.74) is 1.56. The lowest BCUT2D eigenvalue weighted by Crippen LogP contribution is -2.24. The van der Waals surface area contributed by atoms with Gasteiger partial charge in [0.25, 0.3) is 0 Å². The van der Waals surface area contributed by atoms with Gasteiger partial charge in [0.05, 0.1) is 17.6 Å². The highest BCUT2D eigenvalue weighted by Gasteiger charge is 2.18. The molecule has 0 aliphatic heterocycles.